The van der Waals surface area contributed by atoms with Crippen molar-refractivity contribution < 1.29 is 9.59 Å². The van der Waals surface area contributed by atoms with Crippen molar-refractivity contribution in [3.05, 3.63) is 35.9 Å². The molecule has 0 bridgehead atoms. The van der Waals surface area contributed by atoms with Crippen molar-refractivity contribution in [2.45, 2.75) is 38.3 Å². The van der Waals surface area contributed by atoms with Crippen molar-refractivity contribution in [3.63, 3.8) is 0 Å². The fraction of sp³-hybridized carbons (Fsp3) is 0.526. The number of piperazine rings is 1. The van der Waals surface area contributed by atoms with Gasteiger partial charge in [-0.05, 0) is 31.7 Å². The molecule has 27 heavy (non-hydrogen) atoms. The number of aliphatic imine (C=N–C) groups is 1. The van der Waals surface area contributed by atoms with Crippen LogP contribution in [0.15, 0.2) is 35.3 Å². The van der Waals surface area contributed by atoms with E-state index >= 15 is 0 Å². The Morgan fingerprint density at radius 2 is 1.96 bits per heavy atom. The van der Waals surface area contributed by atoms with Gasteiger partial charge in [0.25, 0.3) is 0 Å². The van der Waals surface area contributed by atoms with E-state index in [9.17, 15) is 9.59 Å². The van der Waals surface area contributed by atoms with Crippen LogP contribution in [0.1, 0.15) is 25.3 Å². The third kappa shape index (κ3) is 5.68. The minimum atomic E-state index is -0.512. The highest BCUT2D eigenvalue weighted by Crippen LogP contribution is 2.21. The lowest BCUT2D eigenvalue weighted by molar-refractivity contribution is -0.154. The molecule has 1 fully saturated rings. The number of guanidine groups is 1. The first-order valence-electron chi connectivity index (χ1n) is 9.33. The third-order valence-electron chi connectivity index (χ3n) is 4.85. The standard InChI is InChI=1S/C19H30N6O2/c1-14-13-25(17(26)12-20)16(8-5-10-23-19(21)22)18(27)24(14)11-9-15-6-3-2-4-7-15/h2-4,6-7,14,16H,5,8-13,20H2,1H3,(H4,21,22,23)/t14-,16?/m1/s1. The molecule has 2 atom stereocenters. The van der Waals surface area contributed by atoms with Crippen LogP contribution in [0.2, 0.25) is 0 Å². The minimum absolute atomic E-state index is 0.0259. The van der Waals surface area contributed by atoms with Crippen molar-refractivity contribution in [1.82, 2.24) is 9.80 Å². The van der Waals surface area contributed by atoms with E-state index in [-0.39, 0.29) is 30.4 Å². The molecule has 148 valence electrons. The van der Waals surface area contributed by atoms with Gasteiger partial charge in [-0.3, -0.25) is 14.6 Å². The summed E-state index contributed by atoms with van der Waals surface area (Å²) in [6, 6.07) is 9.50. The highest BCUT2D eigenvalue weighted by atomic mass is 16.2. The molecule has 6 N–H and O–H groups in total. The van der Waals surface area contributed by atoms with E-state index < -0.39 is 6.04 Å². The number of amides is 2. The van der Waals surface area contributed by atoms with Gasteiger partial charge in [0.05, 0.1) is 6.54 Å². The lowest BCUT2D eigenvalue weighted by atomic mass is 10.0. The van der Waals surface area contributed by atoms with E-state index in [0.29, 0.717) is 32.5 Å². The Labute approximate surface area is 160 Å². The number of carbonyl (C=O) groups is 2. The fourth-order valence-corrected chi connectivity index (χ4v) is 3.44. The number of rotatable bonds is 8. The van der Waals surface area contributed by atoms with Gasteiger partial charge in [-0.1, -0.05) is 30.3 Å². The molecule has 1 heterocycles. The molecule has 1 saturated heterocycles. The van der Waals surface area contributed by atoms with E-state index in [1.165, 1.54) is 5.56 Å². The van der Waals surface area contributed by atoms with Crippen LogP contribution in [0, 0.1) is 0 Å². The van der Waals surface area contributed by atoms with Crippen LogP contribution >= 0.6 is 0 Å². The predicted molar refractivity (Wildman–Crippen MR) is 106 cm³/mol. The molecule has 1 aromatic rings. The minimum Gasteiger partial charge on any atom is -0.370 e. The second kappa shape index (κ2) is 9.91. The second-order valence-electron chi connectivity index (χ2n) is 6.83. The predicted octanol–water partition coefficient (Wildman–Crippen LogP) is -0.331. The molecule has 1 aliphatic rings. The summed E-state index contributed by atoms with van der Waals surface area (Å²) in [6.07, 6.45) is 1.90. The molecular weight excluding hydrogens is 344 g/mol. The van der Waals surface area contributed by atoms with Crippen LogP contribution in [0.5, 0.6) is 0 Å². The first kappa shape index (κ1) is 20.7. The molecule has 0 aromatic heterocycles. The summed E-state index contributed by atoms with van der Waals surface area (Å²) in [7, 11) is 0. The van der Waals surface area contributed by atoms with E-state index in [2.05, 4.69) is 17.1 Å². The first-order valence-corrected chi connectivity index (χ1v) is 9.33. The number of carbonyl (C=O) groups excluding carboxylic acids is 2. The zero-order valence-electron chi connectivity index (χ0n) is 15.9. The van der Waals surface area contributed by atoms with Gasteiger partial charge in [0, 0.05) is 25.7 Å². The van der Waals surface area contributed by atoms with Crippen LogP contribution in [0.3, 0.4) is 0 Å². The Morgan fingerprint density at radius 3 is 2.59 bits per heavy atom. The molecule has 8 heteroatoms. The fourth-order valence-electron chi connectivity index (χ4n) is 3.44. The normalized spacial score (nSPS) is 19.9. The number of nitrogens with two attached hydrogens (primary N) is 3. The van der Waals surface area contributed by atoms with Gasteiger partial charge in [-0.2, -0.15) is 0 Å². The maximum Gasteiger partial charge on any atom is 0.245 e. The monoisotopic (exact) mass is 374 g/mol. The highest BCUT2D eigenvalue weighted by molar-refractivity contribution is 5.89. The zero-order chi connectivity index (χ0) is 19.8. The average molecular weight is 374 g/mol. The van der Waals surface area contributed by atoms with Crippen LogP contribution in [-0.2, 0) is 16.0 Å². The summed E-state index contributed by atoms with van der Waals surface area (Å²) >= 11 is 0. The molecule has 1 aromatic carbocycles. The molecule has 0 radical (unpaired) electrons. The largest absolute Gasteiger partial charge is 0.370 e. The lowest BCUT2D eigenvalue weighted by Crippen LogP contribution is -2.63. The van der Waals surface area contributed by atoms with Crippen molar-refractivity contribution in [2.75, 3.05) is 26.2 Å². The topological polar surface area (TPSA) is 131 Å². The van der Waals surface area contributed by atoms with E-state index in [1.54, 1.807) is 4.90 Å². The molecule has 2 amide bonds. The van der Waals surface area contributed by atoms with Gasteiger partial charge in [0.15, 0.2) is 5.96 Å². The highest BCUT2D eigenvalue weighted by Gasteiger charge is 2.39. The smallest absolute Gasteiger partial charge is 0.245 e. The summed E-state index contributed by atoms with van der Waals surface area (Å²) in [5.41, 5.74) is 17.4. The Bertz CT molecular complexity index is 659. The number of nitrogens with zero attached hydrogens (tertiary/aromatic N) is 3. The van der Waals surface area contributed by atoms with Crippen molar-refractivity contribution in [3.8, 4) is 0 Å². The molecule has 8 nitrogen and oxygen atoms in total. The third-order valence-corrected chi connectivity index (χ3v) is 4.85. The molecule has 0 spiro atoms. The van der Waals surface area contributed by atoms with Gasteiger partial charge in [-0.15, -0.1) is 0 Å². The van der Waals surface area contributed by atoms with Gasteiger partial charge in [-0.25, -0.2) is 0 Å². The first-order chi connectivity index (χ1) is 12.9. The van der Waals surface area contributed by atoms with Crippen LogP contribution in [0.4, 0.5) is 0 Å². The molecule has 1 aliphatic heterocycles. The number of benzene rings is 1. The Kier molecular flexibility index (Phi) is 7.60. The number of hydrogen-bond donors (Lipinski definition) is 3. The van der Waals surface area contributed by atoms with Gasteiger partial charge >= 0.3 is 0 Å². The van der Waals surface area contributed by atoms with Crippen LogP contribution in [0.25, 0.3) is 0 Å². The van der Waals surface area contributed by atoms with Crippen LogP contribution in [-0.4, -0.2) is 65.8 Å². The Hall–Kier alpha value is -2.61. The maximum absolute atomic E-state index is 13.1. The SMILES string of the molecule is C[C@@H]1CN(C(=O)CN)C(CCCN=C(N)N)C(=O)N1CCc1ccccc1. The van der Waals surface area contributed by atoms with E-state index in [0.717, 1.165) is 6.42 Å². The van der Waals surface area contributed by atoms with Gasteiger partial charge in [0.2, 0.25) is 11.8 Å². The summed E-state index contributed by atoms with van der Waals surface area (Å²) in [5.74, 6) is -0.209. The molecular formula is C19H30N6O2. The summed E-state index contributed by atoms with van der Waals surface area (Å²) in [4.78, 5) is 32.8. The van der Waals surface area contributed by atoms with E-state index in [4.69, 9.17) is 17.2 Å². The zero-order valence-corrected chi connectivity index (χ0v) is 15.9. The number of hydrogen-bond acceptors (Lipinski definition) is 4. The average Bonchev–Trinajstić information content (AvgIpc) is 2.66. The quantitative estimate of drug-likeness (QED) is 0.326. The molecule has 2 rings (SSSR count). The van der Waals surface area contributed by atoms with Crippen LogP contribution < -0.4 is 17.2 Å². The molecule has 0 saturated carbocycles. The van der Waals surface area contributed by atoms with Crippen molar-refractivity contribution in [1.29, 1.82) is 0 Å². The van der Waals surface area contributed by atoms with Gasteiger partial charge in [0.1, 0.15) is 6.04 Å². The summed E-state index contributed by atoms with van der Waals surface area (Å²) in [5, 5.41) is 0. The summed E-state index contributed by atoms with van der Waals surface area (Å²) < 4.78 is 0. The Morgan fingerprint density at radius 1 is 1.26 bits per heavy atom. The van der Waals surface area contributed by atoms with Crippen molar-refractivity contribution >= 4 is 17.8 Å². The van der Waals surface area contributed by atoms with Gasteiger partial charge < -0.3 is 27.0 Å². The lowest BCUT2D eigenvalue weighted by Gasteiger charge is -2.44. The van der Waals surface area contributed by atoms with Crippen molar-refractivity contribution in [2.24, 2.45) is 22.2 Å². The molecule has 0 aliphatic carbocycles. The van der Waals surface area contributed by atoms with E-state index in [1.807, 2.05) is 30.0 Å². The maximum atomic E-state index is 13.1. The summed E-state index contributed by atoms with van der Waals surface area (Å²) in [6.45, 7) is 3.41. The second-order valence-corrected chi connectivity index (χ2v) is 6.83. The molecule has 1 unspecified atom stereocenters. The Balaban J connectivity index is 2.07.